The van der Waals surface area contributed by atoms with Gasteiger partial charge in [0.2, 0.25) is 0 Å². The summed E-state index contributed by atoms with van der Waals surface area (Å²) in [6, 6.07) is 1.48. The number of carbonyl (C=O) groups is 1. The van der Waals surface area contributed by atoms with E-state index in [1.165, 1.54) is 6.07 Å². The standard InChI is InChI=1S/C11H14ClNO3S2/c1-6(8-3-4-8)13-11(14)9-5-10(7(2)17-9)18(12,15)16/h5-6,8H,3-4H2,1-2H3,(H,13,14). The minimum atomic E-state index is -3.78. The van der Waals surface area contributed by atoms with E-state index in [9.17, 15) is 13.2 Å². The van der Waals surface area contributed by atoms with E-state index in [4.69, 9.17) is 10.7 Å². The van der Waals surface area contributed by atoms with Gasteiger partial charge in [-0.15, -0.1) is 11.3 Å². The fraction of sp³-hybridized carbons (Fsp3) is 0.545. The molecule has 1 amide bonds. The van der Waals surface area contributed by atoms with Gasteiger partial charge in [0.25, 0.3) is 15.0 Å². The number of aryl methyl sites for hydroxylation is 1. The monoisotopic (exact) mass is 307 g/mol. The Hall–Kier alpha value is -0.590. The lowest BCUT2D eigenvalue weighted by Gasteiger charge is -2.11. The van der Waals surface area contributed by atoms with Crippen LogP contribution >= 0.6 is 22.0 Å². The molecule has 1 heterocycles. The summed E-state index contributed by atoms with van der Waals surface area (Å²) in [5, 5.41) is 2.88. The van der Waals surface area contributed by atoms with Crippen LogP contribution in [0.2, 0.25) is 0 Å². The maximum atomic E-state index is 11.9. The Labute approximate surface area is 115 Å². The van der Waals surface area contributed by atoms with Crippen LogP contribution in [0.5, 0.6) is 0 Å². The lowest BCUT2D eigenvalue weighted by molar-refractivity contribution is 0.0940. The molecule has 18 heavy (non-hydrogen) atoms. The fourth-order valence-electron chi connectivity index (χ4n) is 1.81. The quantitative estimate of drug-likeness (QED) is 0.869. The summed E-state index contributed by atoms with van der Waals surface area (Å²) in [6.45, 7) is 3.61. The number of carbonyl (C=O) groups excluding carboxylic acids is 1. The zero-order valence-corrected chi connectivity index (χ0v) is 12.5. The SMILES string of the molecule is Cc1sc(C(=O)NC(C)C2CC2)cc1S(=O)(=O)Cl. The second-order valence-corrected chi connectivity index (χ2v) is 8.36. The number of thiophene rings is 1. The van der Waals surface area contributed by atoms with E-state index in [2.05, 4.69) is 5.32 Å². The van der Waals surface area contributed by atoms with Gasteiger partial charge in [0.15, 0.2) is 0 Å². The van der Waals surface area contributed by atoms with E-state index in [1.54, 1.807) is 6.92 Å². The highest BCUT2D eigenvalue weighted by Gasteiger charge is 2.30. The molecule has 1 N–H and O–H groups in total. The Kier molecular flexibility index (Phi) is 3.71. The predicted octanol–water partition coefficient (Wildman–Crippen LogP) is 2.51. The van der Waals surface area contributed by atoms with Gasteiger partial charge >= 0.3 is 0 Å². The molecule has 1 saturated carbocycles. The van der Waals surface area contributed by atoms with Gasteiger partial charge in [-0.3, -0.25) is 4.79 Å². The summed E-state index contributed by atoms with van der Waals surface area (Å²) in [7, 11) is 1.52. The highest BCUT2D eigenvalue weighted by Crippen LogP contribution is 2.33. The molecule has 1 fully saturated rings. The summed E-state index contributed by atoms with van der Waals surface area (Å²) in [6.07, 6.45) is 2.29. The lowest BCUT2D eigenvalue weighted by atomic mass is 10.2. The van der Waals surface area contributed by atoms with Gasteiger partial charge in [0, 0.05) is 21.6 Å². The summed E-state index contributed by atoms with van der Waals surface area (Å²) in [5.74, 6) is 0.334. The Morgan fingerprint density at radius 3 is 2.61 bits per heavy atom. The van der Waals surface area contributed by atoms with Crippen LogP contribution in [0.3, 0.4) is 0 Å². The maximum absolute atomic E-state index is 11.9. The van der Waals surface area contributed by atoms with Crippen LogP contribution in [0, 0.1) is 12.8 Å². The molecule has 1 aromatic heterocycles. The summed E-state index contributed by atoms with van der Waals surface area (Å²) < 4.78 is 22.5. The third-order valence-electron chi connectivity index (χ3n) is 3.05. The zero-order valence-electron chi connectivity index (χ0n) is 10.1. The van der Waals surface area contributed by atoms with Crippen molar-refractivity contribution >= 4 is 37.0 Å². The minimum Gasteiger partial charge on any atom is -0.349 e. The molecular weight excluding hydrogens is 294 g/mol. The third-order valence-corrected chi connectivity index (χ3v) is 5.67. The van der Waals surface area contributed by atoms with Crippen molar-refractivity contribution in [1.29, 1.82) is 0 Å². The molecule has 0 aromatic carbocycles. The van der Waals surface area contributed by atoms with Crippen molar-refractivity contribution in [2.24, 2.45) is 5.92 Å². The molecule has 1 atom stereocenters. The molecule has 1 aliphatic carbocycles. The van der Waals surface area contributed by atoms with Gasteiger partial charge in [0.1, 0.15) is 0 Å². The van der Waals surface area contributed by atoms with Crippen LogP contribution in [0.25, 0.3) is 0 Å². The molecule has 1 aromatic rings. The molecule has 0 spiro atoms. The van der Waals surface area contributed by atoms with Gasteiger partial charge in [0.05, 0.1) is 9.77 Å². The van der Waals surface area contributed by atoms with Gasteiger partial charge in [-0.1, -0.05) is 0 Å². The van der Waals surface area contributed by atoms with Crippen LogP contribution in [0.4, 0.5) is 0 Å². The van der Waals surface area contributed by atoms with E-state index in [0.29, 0.717) is 15.7 Å². The van der Waals surface area contributed by atoms with Gasteiger partial charge < -0.3 is 5.32 Å². The summed E-state index contributed by atoms with van der Waals surface area (Å²) in [4.78, 5) is 12.9. The number of hydrogen-bond acceptors (Lipinski definition) is 4. The van der Waals surface area contributed by atoms with Crippen molar-refractivity contribution in [3.63, 3.8) is 0 Å². The molecule has 1 unspecified atom stereocenters. The molecule has 100 valence electrons. The molecular formula is C11H14ClNO3S2. The van der Waals surface area contributed by atoms with E-state index >= 15 is 0 Å². The number of rotatable bonds is 4. The van der Waals surface area contributed by atoms with Gasteiger partial charge in [-0.2, -0.15) is 0 Å². The van der Waals surface area contributed by atoms with E-state index < -0.39 is 9.05 Å². The van der Waals surface area contributed by atoms with Gasteiger partial charge in [-0.05, 0) is 38.7 Å². The van der Waals surface area contributed by atoms with Gasteiger partial charge in [-0.25, -0.2) is 8.42 Å². The average molecular weight is 308 g/mol. The number of amides is 1. The highest BCUT2D eigenvalue weighted by atomic mass is 35.7. The van der Waals surface area contributed by atoms with Crippen molar-refractivity contribution < 1.29 is 13.2 Å². The molecule has 0 aliphatic heterocycles. The lowest BCUT2D eigenvalue weighted by Crippen LogP contribution is -2.33. The van der Waals surface area contributed by atoms with E-state index in [0.717, 1.165) is 24.2 Å². The second kappa shape index (κ2) is 4.83. The first-order chi connectivity index (χ1) is 8.29. The topological polar surface area (TPSA) is 63.2 Å². The highest BCUT2D eigenvalue weighted by molar-refractivity contribution is 8.13. The van der Waals surface area contributed by atoms with Crippen molar-refractivity contribution in [1.82, 2.24) is 5.32 Å². The fourth-order valence-corrected chi connectivity index (χ4v) is 4.38. The molecule has 4 nitrogen and oxygen atoms in total. The van der Waals surface area contributed by atoms with E-state index in [1.807, 2.05) is 6.92 Å². The number of hydrogen-bond donors (Lipinski definition) is 1. The normalized spacial score (nSPS) is 17.5. The first kappa shape index (κ1) is 13.8. The Morgan fingerprint density at radius 2 is 2.17 bits per heavy atom. The molecule has 0 bridgehead atoms. The predicted molar refractivity (Wildman–Crippen MR) is 71.7 cm³/mol. The van der Waals surface area contributed by atoms with Crippen LogP contribution in [-0.4, -0.2) is 20.4 Å². The summed E-state index contributed by atoms with van der Waals surface area (Å²) >= 11 is 1.15. The zero-order chi connectivity index (χ0) is 13.5. The molecule has 0 saturated heterocycles. The van der Waals surface area contributed by atoms with Crippen molar-refractivity contribution in [3.05, 3.63) is 15.8 Å². The van der Waals surface area contributed by atoms with Crippen molar-refractivity contribution in [2.75, 3.05) is 0 Å². The summed E-state index contributed by atoms with van der Waals surface area (Å²) in [5.41, 5.74) is 0. The van der Waals surface area contributed by atoms with Crippen molar-refractivity contribution in [3.8, 4) is 0 Å². The maximum Gasteiger partial charge on any atom is 0.262 e. The Bertz CT molecular complexity index is 575. The first-order valence-electron chi connectivity index (χ1n) is 5.65. The molecule has 0 radical (unpaired) electrons. The van der Waals surface area contributed by atoms with E-state index in [-0.39, 0.29) is 16.8 Å². The van der Waals surface area contributed by atoms with Crippen LogP contribution in [-0.2, 0) is 9.05 Å². The average Bonchev–Trinajstić information content (AvgIpc) is 3.00. The van der Waals surface area contributed by atoms with Crippen LogP contribution in [0.1, 0.15) is 34.3 Å². The second-order valence-electron chi connectivity index (χ2n) is 4.57. The molecule has 7 heteroatoms. The molecule has 2 rings (SSSR count). The van der Waals surface area contributed by atoms with Crippen LogP contribution < -0.4 is 5.32 Å². The largest absolute Gasteiger partial charge is 0.349 e. The number of halogens is 1. The van der Waals surface area contributed by atoms with Crippen LogP contribution in [0.15, 0.2) is 11.0 Å². The first-order valence-corrected chi connectivity index (χ1v) is 8.77. The number of nitrogens with one attached hydrogen (secondary N) is 1. The smallest absolute Gasteiger partial charge is 0.262 e. The molecule has 1 aliphatic rings. The third kappa shape index (κ3) is 3.05. The Morgan fingerprint density at radius 1 is 1.56 bits per heavy atom. The van der Waals surface area contributed by atoms with Crippen molar-refractivity contribution in [2.45, 2.75) is 37.6 Å². The minimum absolute atomic E-state index is 0.0263. The Balaban J connectivity index is 2.16.